The van der Waals surface area contributed by atoms with Gasteiger partial charge in [-0.05, 0) is 31.6 Å². The third-order valence-corrected chi connectivity index (χ3v) is 3.27. The van der Waals surface area contributed by atoms with Crippen LogP contribution in [-0.4, -0.2) is 42.0 Å². The number of amides is 1. The van der Waals surface area contributed by atoms with E-state index in [0.29, 0.717) is 17.9 Å². The van der Waals surface area contributed by atoms with Crippen molar-refractivity contribution in [2.45, 2.75) is 33.6 Å². The van der Waals surface area contributed by atoms with Crippen molar-refractivity contribution in [1.82, 2.24) is 15.2 Å². The van der Waals surface area contributed by atoms with E-state index in [1.54, 1.807) is 6.07 Å². The van der Waals surface area contributed by atoms with Crippen molar-refractivity contribution in [2.75, 3.05) is 31.9 Å². The van der Waals surface area contributed by atoms with Crippen molar-refractivity contribution >= 4 is 11.7 Å². The van der Waals surface area contributed by atoms with Gasteiger partial charge < -0.3 is 16.0 Å². The molecule has 0 bridgehead atoms. The van der Waals surface area contributed by atoms with Gasteiger partial charge in [-0.25, -0.2) is 4.98 Å². The molecule has 1 aromatic rings. The minimum absolute atomic E-state index is 0.0800. The molecule has 0 saturated heterocycles. The maximum Gasteiger partial charge on any atom is 0.251 e. The maximum absolute atomic E-state index is 12.1. The molecule has 0 fully saturated rings. The predicted molar refractivity (Wildman–Crippen MR) is 82.8 cm³/mol. The Labute approximate surface area is 121 Å². The number of rotatable bonds is 8. The monoisotopic (exact) mass is 278 g/mol. The van der Waals surface area contributed by atoms with Crippen LogP contribution < -0.4 is 11.1 Å². The Balaban J connectivity index is 2.58. The third-order valence-electron chi connectivity index (χ3n) is 3.27. The summed E-state index contributed by atoms with van der Waals surface area (Å²) in [4.78, 5) is 18.6. The summed E-state index contributed by atoms with van der Waals surface area (Å²) in [6, 6.07) is 3.46. The fourth-order valence-electron chi connectivity index (χ4n) is 2.10. The zero-order valence-corrected chi connectivity index (χ0v) is 12.8. The second-order valence-electron chi connectivity index (χ2n) is 4.80. The first-order valence-electron chi connectivity index (χ1n) is 7.37. The number of aryl methyl sites for hydroxylation is 1. The Kier molecular flexibility index (Phi) is 7.01. The van der Waals surface area contributed by atoms with Crippen LogP contribution in [0, 0.1) is 0 Å². The van der Waals surface area contributed by atoms with Crippen LogP contribution in [0.4, 0.5) is 5.82 Å². The molecule has 0 atom stereocenters. The highest BCUT2D eigenvalue weighted by Crippen LogP contribution is 2.09. The normalized spacial score (nSPS) is 10.8. The van der Waals surface area contributed by atoms with Gasteiger partial charge >= 0.3 is 0 Å². The number of likely N-dealkylation sites (N-methyl/N-ethyl adjacent to an activating group) is 1. The predicted octanol–water partition coefficient (Wildman–Crippen LogP) is 1.69. The lowest BCUT2D eigenvalue weighted by atomic mass is 10.1. The SMILES string of the molecule is CCCc1cc(C(=O)NCCN(CC)CC)cc(N)n1. The van der Waals surface area contributed by atoms with Crippen LogP contribution >= 0.6 is 0 Å². The van der Waals surface area contributed by atoms with E-state index in [0.717, 1.165) is 38.2 Å². The summed E-state index contributed by atoms with van der Waals surface area (Å²) in [7, 11) is 0. The number of pyridine rings is 1. The molecule has 1 rings (SSSR count). The number of carbonyl (C=O) groups excluding carboxylic acids is 1. The fraction of sp³-hybridized carbons (Fsp3) is 0.600. The van der Waals surface area contributed by atoms with Crippen LogP contribution in [-0.2, 0) is 6.42 Å². The maximum atomic E-state index is 12.1. The van der Waals surface area contributed by atoms with E-state index in [9.17, 15) is 4.79 Å². The zero-order valence-electron chi connectivity index (χ0n) is 12.8. The van der Waals surface area contributed by atoms with Crippen LogP contribution in [0.15, 0.2) is 12.1 Å². The van der Waals surface area contributed by atoms with Gasteiger partial charge in [-0.1, -0.05) is 27.2 Å². The van der Waals surface area contributed by atoms with Crippen LogP contribution in [0.3, 0.4) is 0 Å². The first-order valence-corrected chi connectivity index (χ1v) is 7.37. The minimum Gasteiger partial charge on any atom is -0.384 e. The van der Waals surface area contributed by atoms with E-state index >= 15 is 0 Å². The Bertz CT molecular complexity index is 430. The highest BCUT2D eigenvalue weighted by molar-refractivity contribution is 5.94. The van der Waals surface area contributed by atoms with Gasteiger partial charge in [0.05, 0.1) is 0 Å². The molecule has 5 heteroatoms. The van der Waals surface area contributed by atoms with Gasteiger partial charge in [0.15, 0.2) is 0 Å². The number of nitrogens with two attached hydrogens (primary N) is 1. The molecule has 1 amide bonds. The molecule has 0 aromatic carbocycles. The molecule has 20 heavy (non-hydrogen) atoms. The van der Waals surface area contributed by atoms with Crippen molar-refractivity contribution in [3.8, 4) is 0 Å². The molecule has 0 aliphatic rings. The molecule has 0 unspecified atom stereocenters. The molecular weight excluding hydrogens is 252 g/mol. The first-order chi connectivity index (χ1) is 9.60. The summed E-state index contributed by atoms with van der Waals surface area (Å²) < 4.78 is 0. The van der Waals surface area contributed by atoms with Crippen molar-refractivity contribution in [3.63, 3.8) is 0 Å². The highest BCUT2D eigenvalue weighted by atomic mass is 16.1. The molecule has 112 valence electrons. The van der Waals surface area contributed by atoms with Gasteiger partial charge in [-0.15, -0.1) is 0 Å². The number of hydrogen-bond acceptors (Lipinski definition) is 4. The summed E-state index contributed by atoms with van der Waals surface area (Å²) in [5.41, 5.74) is 7.22. The number of carbonyl (C=O) groups is 1. The van der Waals surface area contributed by atoms with Gasteiger partial charge in [-0.3, -0.25) is 4.79 Å². The number of nitrogen functional groups attached to an aromatic ring is 1. The molecule has 0 radical (unpaired) electrons. The van der Waals surface area contributed by atoms with Crippen molar-refractivity contribution in [1.29, 1.82) is 0 Å². The molecule has 0 spiro atoms. The minimum atomic E-state index is -0.0800. The fourth-order valence-corrected chi connectivity index (χ4v) is 2.10. The Hall–Kier alpha value is -1.62. The number of anilines is 1. The van der Waals surface area contributed by atoms with Crippen molar-refractivity contribution in [2.24, 2.45) is 0 Å². The van der Waals surface area contributed by atoms with E-state index in [1.165, 1.54) is 0 Å². The molecule has 3 N–H and O–H groups in total. The lowest BCUT2D eigenvalue weighted by Gasteiger charge is -2.18. The van der Waals surface area contributed by atoms with Crippen LogP contribution in [0.25, 0.3) is 0 Å². The van der Waals surface area contributed by atoms with Crippen LogP contribution in [0.1, 0.15) is 43.2 Å². The number of nitrogens with zero attached hydrogens (tertiary/aromatic N) is 2. The summed E-state index contributed by atoms with van der Waals surface area (Å²) in [6.45, 7) is 9.81. The van der Waals surface area contributed by atoms with Gasteiger partial charge in [0.1, 0.15) is 5.82 Å². The summed E-state index contributed by atoms with van der Waals surface area (Å²) in [6.07, 6.45) is 1.82. The Morgan fingerprint density at radius 1 is 1.30 bits per heavy atom. The lowest BCUT2D eigenvalue weighted by Crippen LogP contribution is -2.34. The van der Waals surface area contributed by atoms with Gasteiger partial charge in [-0.2, -0.15) is 0 Å². The van der Waals surface area contributed by atoms with E-state index in [1.807, 2.05) is 6.07 Å². The molecule has 0 aliphatic heterocycles. The largest absolute Gasteiger partial charge is 0.384 e. The van der Waals surface area contributed by atoms with Crippen molar-refractivity contribution < 1.29 is 4.79 Å². The number of nitrogens with one attached hydrogen (secondary N) is 1. The number of aromatic nitrogens is 1. The van der Waals surface area contributed by atoms with Crippen molar-refractivity contribution in [3.05, 3.63) is 23.4 Å². The van der Waals surface area contributed by atoms with E-state index in [2.05, 4.69) is 36.0 Å². The van der Waals surface area contributed by atoms with Crippen LogP contribution in [0.2, 0.25) is 0 Å². The molecule has 0 saturated carbocycles. The standard InChI is InChI=1S/C15H26N4O/c1-4-7-13-10-12(11-14(16)18-13)15(20)17-8-9-19(5-2)6-3/h10-11H,4-9H2,1-3H3,(H2,16,18)(H,17,20). The summed E-state index contributed by atoms with van der Waals surface area (Å²) >= 11 is 0. The van der Waals surface area contributed by atoms with Crippen LogP contribution in [0.5, 0.6) is 0 Å². The van der Waals surface area contributed by atoms with Gasteiger partial charge in [0, 0.05) is 24.3 Å². The topological polar surface area (TPSA) is 71.2 Å². The number of hydrogen-bond donors (Lipinski definition) is 2. The summed E-state index contributed by atoms with van der Waals surface area (Å²) in [5, 5.41) is 2.93. The van der Waals surface area contributed by atoms with E-state index in [-0.39, 0.29) is 5.91 Å². The lowest BCUT2D eigenvalue weighted by molar-refractivity contribution is 0.0948. The van der Waals surface area contributed by atoms with Gasteiger partial charge in [0.2, 0.25) is 0 Å². The molecule has 0 aliphatic carbocycles. The Morgan fingerprint density at radius 2 is 2.00 bits per heavy atom. The van der Waals surface area contributed by atoms with E-state index in [4.69, 9.17) is 5.73 Å². The molecule has 1 aromatic heterocycles. The molecule has 1 heterocycles. The van der Waals surface area contributed by atoms with E-state index < -0.39 is 0 Å². The molecular formula is C15H26N4O. The second-order valence-corrected chi connectivity index (χ2v) is 4.80. The molecule has 5 nitrogen and oxygen atoms in total. The average Bonchev–Trinajstić information content (AvgIpc) is 2.43. The quantitative estimate of drug-likeness (QED) is 0.759. The van der Waals surface area contributed by atoms with Gasteiger partial charge in [0.25, 0.3) is 5.91 Å². The first kappa shape index (κ1) is 16.4. The highest BCUT2D eigenvalue weighted by Gasteiger charge is 2.09. The smallest absolute Gasteiger partial charge is 0.251 e. The summed E-state index contributed by atoms with van der Waals surface area (Å²) in [5.74, 6) is 0.327. The third kappa shape index (κ3) is 5.17. The Morgan fingerprint density at radius 3 is 2.60 bits per heavy atom. The second kappa shape index (κ2) is 8.53. The average molecular weight is 278 g/mol. The zero-order chi connectivity index (χ0) is 15.0.